The largest absolute Gasteiger partial charge is 0.376 e. The van der Waals surface area contributed by atoms with Gasteiger partial charge in [-0.05, 0) is 18.4 Å². The van der Waals surface area contributed by atoms with Crippen molar-refractivity contribution in [2.75, 3.05) is 19.8 Å². The van der Waals surface area contributed by atoms with Crippen LogP contribution < -0.4 is 10.9 Å². The molecule has 6 heteroatoms. The first-order valence-electron chi connectivity index (χ1n) is 6.06. The Morgan fingerprint density at radius 1 is 1.63 bits per heavy atom. The van der Waals surface area contributed by atoms with Crippen molar-refractivity contribution in [3.05, 3.63) is 39.8 Å². The zero-order chi connectivity index (χ0) is 13.7. The van der Waals surface area contributed by atoms with Crippen LogP contribution in [0.4, 0.5) is 0 Å². The number of nitrogens with zero attached hydrogens (tertiary/aromatic N) is 1. The van der Waals surface area contributed by atoms with Gasteiger partial charge in [0.2, 0.25) is 0 Å². The number of H-pyrrole nitrogens is 1. The third-order valence-electron chi connectivity index (χ3n) is 2.43. The molecular formula is C13H17N3O2S. The van der Waals surface area contributed by atoms with Crippen molar-refractivity contribution < 1.29 is 4.74 Å². The van der Waals surface area contributed by atoms with E-state index in [0.29, 0.717) is 36.8 Å². The van der Waals surface area contributed by atoms with E-state index < -0.39 is 0 Å². The number of hydrogen-bond acceptors (Lipinski definition) is 5. The monoisotopic (exact) mass is 279 g/mol. The molecular weight excluding hydrogens is 262 g/mol. The van der Waals surface area contributed by atoms with Gasteiger partial charge >= 0.3 is 0 Å². The second-order valence-corrected chi connectivity index (χ2v) is 5.25. The number of fused-ring (bicyclic) bond motifs is 1. The zero-order valence-electron chi connectivity index (χ0n) is 10.9. The standard InChI is InChI=1S/C13H17N3O2S/c1-9(2)8-18-5-4-14-7-11-15-10-3-6-19-12(10)13(17)16-11/h3,6,14H,1,4-5,7-8H2,2H3,(H,15,16,17). The van der Waals surface area contributed by atoms with E-state index in [1.165, 1.54) is 11.3 Å². The molecule has 2 N–H and O–H groups in total. The second-order valence-electron chi connectivity index (χ2n) is 4.33. The lowest BCUT2D eigenvalue weighted by atomic mass is 10.4. The van der Waals surface area contributed by atoms with Crippen LogP contribution in [0.25, 0.3) is 10.2 Å². The first kappa shape index (κ1) is 13.9. The van der Waals surface area contributed by atoms with Gasteiger partial charge in [-0.3, -0.25) is 4.79 Å². The third-order valence-corrected chi connectivity index (χ3v) is 3.33. The molecule has 0 saturated carbocycles. The van der Waals surface area contributed by atoms with Crippen molar-refractivity contribution in [2.24, 2.45) is 0 Å². The summed E-state index contributed by atoms with van der Waals surface area (Å²) in [5.41, 5.74) is 1.69. The Morgan fingerprint density at radius 3 is 3.26 bits per heavy atom. The van der Waals surface area contributed by atoms with Gasteiger partial charge in [0.05, 0.1) is 25.3 Å². The Bertz CT molecular complexity index is 618. The normalized spacial score (nSPS) is 11.0. The zero-order valence-corrected chi connectivity index (χ0v) is 11.7. The SMILES string of the molecule is C=C(C)COCCNCc1nc2ccsc2c(=O)[nH]1. The van der Waals surface area contributed by atoms with Crippen molar-refractivity contribution in [1.29, 1.82) is 0 Å². The highest BCUT2D eigenvalue weighted by Gasteiger charge is 2.04. The van der Waals surface area contributed by atoms with E-state index in [2.05, 4.69) is 21.9 Å². The van der Waals surface area contributed by atoms with Crippen molar-refractivity contribution in [3.63, 3.8) is 0 Å². The summed E-state index contributed by atoms with van der Waals surface area (Å²) in [6, 6.07) is 1.86. The van der Waals surface area contributed by atoms with Gasteiger partial charge in [-0.2, -0.15) is 0 Å². The Labute approximate surface area is 115 Å². The lowest BCUT2D eigenvalue weighted by Gasteiger charge is -2.05. The van der Waals surface area contributed by atoms with Crippen LogP contribution in [0.1, 0.15) is 12.7 Å². The molecule has 5 nitrogen and oxygen atoms in total. The summed E-state index contributed by atoms with van der Waals surface area (Å²) in [6.07, 6.45) is 0. The summed E-state index contributed by atoms with van der Waals surface area (Å²) in [6.45, 7) is 8.11. The molecule has 0 radical (unpaired) electrons. The van der Waals surface area contributed by atoms with Gasteiger partial charge in [-0.1, -0.05) is 12.2 Å². The molecule has 0 amide bonds. The van der Waals surface area contributed by atoms with Gasteiger partial charge < -0.3 is 15.0 Å². The molecule has 0 aromatic carbocycles. The maximum Gasteiger partial charge on any atom is 0.268 e. The van der Waals surface area contributed by atoms with Crippen LogP contribution in [0.15, 0.2) is 28.4 Å². The summed E-state index contributed by atoms with van der Waals surface area (Å²) >= 11 is 1.41. The molecule has 2 heterocycles. The summed E-state index contributed by atoms with van der Waals surface area (Å²) < 4.78 is 6.04. The van der Waals surface area contributed by atoms with E-state index in [0.717, 1.165) is 11.1 Å². The van der Waals surface area contributed by atoms with Crippen LogP contribution >= 0.6 is 11.3 Å². The summed E-state index contributed by atoms with van der Waals surface area (Å²) in [7, 11) is 0. The fourth-order valence-electron chi connectivity index (χ4n) is 1.60. The molecule has 0 aliphatic rings. The average molecular weight is 279 g/mol. The number of aromatic amines is 1. The van der Waals surface area contributed by atoms with Crippen LogP contribution in [-0.4, -0.2) is 29.7 Å². The molecule has 0 aliphatic carbocycles. The molecule has 0 unspecified atom stereocenters. The highest BCUT2D eigenvalue weighted by Crippen LogP contribution is 2.13. The average Bonchev–Trinajstić information content (AvgIpc) is 2.82. The maximum atomic E-state index is 11.7. The Morgan fingerprint density at radius 2 is 2.47 bits per heavy atom. The highest BCUT2D eigenvalue weighted by molar-refractivity contribution is 7.17. The van der Waals surface area contributed by atoms with E-state index >= 15 is 0 Å². The van der Waals surface area contributed by atoms with E-state index in [-0.39, 0.29) is 5.56 Å². The molecule has 0 aliphatic heterocycles. The lowest BCUT2D eigenvalue weighted by molar-refractivity contribution is 0.157. The molecule has 2 aromatic heterocycles. The number of hydrogen-bond donors (Lipinski definition) is 2. The van der Waals surface area contributed by atoms with Gasteiger partial charge in [0, 0.05) is 6.54 Å². The van der Waals surface area contributed by atoms with Crippen LogP contribution in [-0.2, 0) is 11.3 Å². The Kier molecular flexibility index (Phi) is 4.84. The fraction of sp³-hybridized carbons (Fsp3) is 0.385. The van der Waals surface area contributed by atoms with Crippen LogP contribution in [0, 0.1) is 0 Å². The molecule has 102 valence electrons. The molecule has 0 spiro atoms. The molecule has 2 rings (SSSR count). The van der Waals surface area contributed by atoms with Crippen molar-refractivity contribution in [1.82, 2.24) is 15.3 Å². The molecule has 0 fully saturated rings. The Hall–Kier alpha value is -1.50. The highest BCUT2D eigenvalue weighted by atomic mass is 32.1. The predicted octanol–water partition coefficient (Wildman–Crippen LogP) is 1.67. The van der Waals surface area contributed by atoms with Gasteiger partial charge in [-0.25, -0.2) is 4.98 Å². The molecule has 0 saturated heterocycles. The van der Waals surface area contributed by atoms with Crippen LogP contribution in [0.3, 0.4) is 0 Å². The first-order valence-corrected chi connectivity index (χ1v) is 6.94. The molecule has 19 heavy (non-hydrogen) atoms. The lowest BCUT2D eigenvalue weighted by Crippen LogP contribution is -2.22. The minimum atomic E-state index is -0.0738. The smallest absolute Gasteiger partial charge is 0.268 e. The molecule has 0 atom stereocenters. The van der Waals surface area contributed by atoms with E-state index in [1.54, 1.807) is 0 Å². The van der Waals surface area contributed by atoms with E-state index in [9.17, 15) is 4.79 Å². The first-order chi connectivity index (χ1) is 9.16. The maximum absolute atomic E-state index is 11.7. The third kappa shape index (κ3) is 3.99. The number of ether oxygens (including phenoxy) is 1. The molecule has 0 bridgehead atoms. The van der Waals surface area contributed by atoms with Gasteiger partial charge in [0.25, 0.3) is 5.56 Å². The fourth-order valence-corrected chi connectivity index (χ4v) is 2.33. The summed E-state index contributed by atoms with van der Waals surface area (Å²) in [5.74, 6) is 0.649. The van der Waals surface area contributed by atoms with E-state index in [4.69, 9.17) is 4.74 Å². The van der Waals surface area contributed by atoms with Crippen LogP contribution in [0.5, 0.6) is 0 Å². The predicted molar refractivity (Wildman–Crippen MR) is 77.6 cm³/mol. The van der Waals surface area contributed by atoms with Gasteiger partial charge in [0.1, 0.15) is 10.5 Å². The number of aromatic nitrogens is 2. The van der Waals surface area contributed by atoms with Crippen molar-refractivity contribution >= 4 is 21.6 Å². The van der Waals surface area contributed by atoms with Gasteiger partial charge in [-0.15, -0.1) is 11.3 Å². The van der Waals surface area contributed by atoms with Crippen LogP contribution in [0.2, 0.25) is 0 Å². The summed E-state index contributed by atoms with van der Waals surface area (Å²) in [5, 5.41) is 5.05. The number of rotatable bonds is 7. The van der Waals surface area contributed by atoms with Crippen molar-refractivity contribution in [3.8, 4) is 0 Å². The second kappa shape index (κ2) is 6.60. The topological polar surface area (TPSA) is 67.0 Å². The van der Waals surface area contributed by atoms with Crippen molar-refractivity contribution in [2.45, 2.75) is 13.5 Å². The quantitative estimate of drug-likeness (QED) is 0.597. The summed E-state index contributed by atoms with van der Waals surface area (Å²) in [4.78, 5) is 18.9. The molecule has 2 aromatic rings. The Balaban J connectivity index is 1.81. The number of thiophene rings is 1. The minimum absolute atomic E-state index is 0.0738. The van der Waals surface area contributed by atoms with Gasteiger partial charge in [0.15, 0.2) is 0 Å². The van der Waals surface area contributed by atoms with E-state index in [1.807, 2.05) is 18.4 Å². The minimum Gasteiger partial charge on any atom is -0.376 e. The number of nitrogens with one attached hydrogen (secondary N) is 2.